The number of aliphatic carboxylic acids is 1. The Morgan fingerprint density at radius 2 is 1.54 bits per heavy atom. The van der Waals surface area contributed by atoms with Crippen LogP contribution < -0.4 is 0 Å². The molecule has 1 fully saturated rings. The second-order valence-electron chi connectivity index (χ2n) is 10.4. The number of carbonyl (C=O) groups is 2. The van der Waals surface area contributed by atoms with Crippen LogP contribution in [-0.2, 0) is 16.6 Å². The topological polar surface area (TPSA) is 77.8 Å². The zero-order valence-corrected chi connectivity index (χ0v) is 22.0. The fraction of sp³-hybridized carbons (Fsp3) is 0.533. The van der Waals surface area contributed by atoms with E-state index in [1.54, 1.807) is 0 Å². The summed E-state index contributed by atoms with van der Waals surface area (Å²) in [5, 5.41) is 19.8. The summed E-state index contributed by atoms with van der Waals surface area (Å²) < 4.78 is 0. The standard InChI is InChI=1S/C30H41NO4/c1-6-30(7-2,25-12-13-26(22(4)19-25)28(34)31(5)20-27(32)33)24-11-10-23(21(3)18-24)14-17-29(35)15-8-9-16-29/h10-13,18-19,35H,6-9,14-17,20H2,1-5H3,(H,32,33). The lowest BCUT2D eigenvalue weighted by Gasteiger charge is -2.34. The minimum atomic E-state index is -1.03. The van der Waals surface area contributed by atoms with Crippen molar-refractivity contribution >= 4 is 11.9 Å². The molecule has 2 N–H and O–H groups in total. The van der Waals surface area contributed by atoms with Crippen LogP contribution in [0.4, 0.5) is 0 Å². The van der Waals surface area contributed by atoms with Crippen molar-refractivity contribution in [2.75, 3.05) is 13.6 Å². The van der Waals surface area contributed by atoms with E-state index in [4.69, 9.17) is 5.11 Å². The second kappa shape index (κ2) is 10.9. The summed E-state index contributed by atoms with van der Waals surface area (Å²) in [7, 11) is 1.52. The minimum Gasteiger partial charge on any atom is -0.480 e. The van der Waals surface area contributed by atoms with Crippen molar-refractivity contribution in [3.63, 3.8) is 0 Å². The molecule has 0 bridgehead atoms. The summed E-state index contributed by atoms with van der Waals surface area (Å²) in [5.74, 6) is -1.30. The van der Waals surface area contributed by atoms with E-state index in [0.29, 0.717) is 5.56 Å². The third kappa shape index (κ3) is 5.78. The molecule has 35 heavy (non-hydrogen) atoms. The van der Waals surface area contributed by atoms with Gasteiger partial charge in [0.25, 0.3) is 5.91 Å². The molecule has 3 rings (SSSR count). The van der Waals surface area contributed by atoms with Gasteiger partial charge in [-0.05, 0) is 86.3 Å². The first-order valence-corrected chi connectivity index (χ1v) is 13.0. The van der Waals surface area contributed by atoms with Gasteiger partial charge in [0.1, 0.15) is 6.54 Å². The highest BCUT2D eigenvalue weighted by molar-refractivity contribution is 5.97. The highest BCUT2D eigenvalue weighted by Gasteiger charge is 2.33. The van der Waals surface area contributed by atoms with Gasteiger partial charge in [0.15, 0.2) is 0 Å². The van der Waals surface area contributed by atoms with Gasteiger partial charge in [0.05, 0.1) is 5.60 Å². The Hall–Kier alpha value is -2.66. The molecule has 0 radical (unpaired) electrons. The Morgan fingerprint density at radius 1 is 0.971 bits per heavy atom. The molecule has 5 heteroatoms. The number of nitrogens with zero attached hydrogens (tertiary/aromatic N) is 1. The molecule has 190 valence electrons. The molecule has 0 aliphatic heterocycles. The summed E-state index contributed by atoms with van der Waals surface area (Å²) in [5.41, 5.74) is 5.73. The molecular formula is C30H41NO4. The van der Waals surface area contributed by atoms with Gasteiger partial charge in [-0.2, -0.15) is 0 Å². The van der Waals surface area contributed by atoms with Gasteiger partial charge in [-0.3, -0.25) is 9.59 Å². The molecule has 0 spiro atoms. The molecule has 0 saturated heterocycles. The third-order valence-electron chi connectivity index (χ3n) is 8.22. The fourth-order valence-corrected chi connectivity index (χ4v) is 5.84. The number of aryl methyl sites for hydroxylation is 3. The number of carbonyl (C=O) groups excluding carboxylic acids is 1. The average Bonchev–Trinajstić information content (AvgIpc) is 3.25. The van der Waals surface area contributed by atoms with E-state index < -0.39 is 11.6 Å². The number of benzene rings is 2. The van der Waals surface area contributed by atoms with Gasteiger partial charge < -0.3 is 15.1 Å². The highest BCUT2D eigenvalue weighted by atomic mass is 16.4. The van der Waals surface area contributed by atoms with Crippen LogP contribution >= 0.6 is 0 Å². The van der Waals surface area contributed by atoms with Crippen molar-refractivity contribution in [1.82, 2.24) is 4.90 Å². The molecule has 0 atom stereocenters. The Morgan fingerprint density at radius 3 is 2.06 bits per heavy atom. The van der Waals surface area contributed by atoms with E-state index in [0.717, 1.165) is 56.9 Å². The zero-order valence-electron chi connectivity index (χ0n) is 22.0. The van der Waals surface area contributed by atoms with Crippen molar-refractivity contribution < 1.29 is 19.8 Å². The first kappa shape index (κ1) is 26.9. The average molecular weight is 480 g/mol. The van der Waals surface area contributed by atoms with Gasteiger partial charge in [-0.1, -0.05) is 57.0 Å². The first-order chi connectivity index (χ1) is 16.5. The van der Waals surface area contributed by atoms with Gasteiger partial charge in [-0.15, -0.1) is 0 Å². The Labute approximate surface area is 210 Å². The van der Waals surface area contributed by atoms with E-state index >= 15 is 0 Å². The highest BCUT2D eigenvalue weighted by Crippen LogP contribution is 2.41. The van der Waals surface area contributed by atoms with E-state index in [1.807, 2.05) is 19.1 Å². The largest absolute Gasteiger partial charge is 0.480 e. The molecule has 1 amide bonds. The number of rotatable bonds is 10. The lowest BCUT2D eigenvalue weighted by Crippen LogP contribution is -2.32. The quantitative estimate of drug-likeness (QED) is 0.451. The van der Waals surface area contributed by atoms with Crippen LogP contribution in [0.2, 0.25) is 0 Å². The van der Waals surface area contributed by atoms with Crippen LogP contribution in [0.25, 0.3) is 0 Å². The summed E-state index contributed by atoms with van der Waals surface area (Å²) in [6, 6.07) is 12.7. The molecule has 5 nitrogen and oxygen atoms in total. The third-order valence-corrected chi connectivity index (χ3v) is 8.22. The molecule has 1 aliphatic rings. The smallest absolute Gasteiger partial charge is 0.323 e. The molecular weight excluding hydrogens is 438 g/mol. The lowest BCUT2D eigenvalue weighted by atomic mass is 9.69. The molecule has 1 saturated carbocycles. The van der Waals surface area contributed by atoms with Crippen LogP contribution in [0.1, 0.15) is 97.0 Å². The van der Waals surface area contributed by atoms with E-state index in [-0.39, 0.29) is 17.9 Å². The van der Waals surface area contributed by atoms with Gasteiger partial charge in [-0.25, -0.2) is 0 Å². The number of carboxylic acid groups (broad SMARTS) is 1. The summed E-state index contributed by atoms with van der Waals surface area (Å²) >= 11 is 0. The Kier molecular flexibility index (Phi) is 8.42. The predicted octanol–water partition coefficient (Wildman–Crippen LogP) is 5.80. The van der Waals surface area contributed by atoms with Crippen molar-refractivity contribution in [3.05, 3.63) is 69.8 Å². The zero-order chi connectivity index (χ0) is 25.8. The lowest BCUT2D eigenvalue weighted by molar-refractivity contribution is -0.137. The van der Waals surface area contributed by atoms with Gasteiger partial charge >= 0.3 is 5.97 Å². The maximum absolute atomic E-state index is 12.8. The molecule has 1 aliphatic carbocycles. The maximum Gasteiger partial charge on any atom is 0.323 e. The number of carboxylic acids is 1. The first-order valence-electron chi connectivity index (χ1n) is 13.0. The van der Waals surface area contributed by atoms with Gasteiger partial charge in [0.2, 0.25) is 0 Å². The molecule has 0 unspecified atom stereocenters. The van der Waals surface area contributed by atoms with E-state index in [1.165, 1.54) is 34.2 Å². The summed E-state index contributed by atoms with van der Waals surface area (Å²) in [4.78, 5) is 25.0. The Balaban J connectivity index is 1.88. The fourth-order valence-electron chi connectivity index (χ4n) is 5.84. The van der Waals surface area contributed by atoms with E-state index in [9.17, 15) is 14.7 Å². The molecule has 2 aromatic carbocycles. The monoisotopic (exact) mass is 479 g/mol. The number of hydrogen-bond acceptors (Lipinski definition) is 3. The number of likely N-dealkylation sites (N-methyl/N-ethyl adjacent to an activating group) is 1. The second-order valence-corrected chi connectivity index (χ2v) is 10.4. The van der Waals surface area contributed by atoms with Crippen LogP contribution in [0.3, 0.4) is 0 Å². The predicted molar refractivity (Wildman–Crippen MR) is 140 cm³/mol. The van der Waals surface area contributed by atoms with Crippen LogP contribution in [0.5, 0.6) is 0 Å². The summed E-state index contributed by atoms with van der Waals surface area (Å²) in [6.07, 6.45) is 7.67. The SMILES string of the molecule is CCC(CC)(c1ccc(CCC2(O)CCCC2)c(C)c1)c1ccc(C(=O)N(C)CC(=O)O)c(C)c1. The number of hydrogen-bond donors (Lipinski definition) is 2. The van der Waals surface area contributed by atoms with Crippen molar-refractivity contribution in [2.45, 2.75) is 90.1 Å². The van der Waals surface area contributed by atoms with Crippen LogP contribution in [0, 0.1) is 13.8 Å². The van der Waals surface area contributed by atoms with Crippen molar-refractivity contribution in [3.8, 4) is 0 Å². The normalized spacial score (nSPS) is 15.3. The number of aliphatic hydroxyl groups is 1. The van der Waals surface area contributed by atoms with Crippen LogP contribution in [-0.4, -0.2) is 46.2 Å². The number of amides is 1. The van der Waals surface area contributed by atoms with Crippen molar-refractivity contribution in [1.29, 1.82) is 0 Å². The molecule has 0 aromatic heterocycles. The van der Waals surface area contributed by atoms with Crippen LogP contribution in [0.15, 0.2) is 36.4 Å². The minimum absolute atomic E-state index is 0.174. The maximum atomic E-state index is 12.8. The van der Waals surface area contributed by atoms with E-state index in [2.05, 4.69) is 45.0 Å². The Bertz CT molecular complexity index is 1060. The van der Waals surface area contributed by atoms with Gasteiger partial charge in [0, 0.05) is 18.0 Å². The summed E-state index contributed by atoms with van der Waals surface area (Å²) in [6.45, 7) is 8.17. The van der Waals surface area contributed by atoms with Crippen molar-refractivity contribution in [2.24, 2.45) is 0 Å². The molecule has 2 aromatic rings. The molecule has 0 heterocycles.